The molecule has 0 saturated heterocycles. The maximum atomic E-state index is 11.7. The molecule has 3 rings (SSSR count). The van der Waals surface area contributed by atoms with E-state index in [1.54, 1.807) is 19.2 Å². The summed E-state index contributed by atoms with van der Waals surface area (Å²) in [5.74, 6) is -0.992. The third-order valence-electron chi connectivity index (χ3n) is 3.88. The number of ether oxygens (including phenoxy) is 1. The Labute approximate surface area is 131 Å². The van der Waals surface area contributed by atoms with Gasteiger partial charge < -0.3 is 9.84 Å². The monoisotopic (exact) mass is 325 g/mol. The first-order chi connectivity index (χ1) is 10.0. The number of methoxy groups -OCH3 is 1. The summed E-state index contributed by atoms with van der Waals surface area (Å²) in [4.78, 5) is 16.3. The third kappa shape index (κ3) is 2.48. The second-order valence-corrected chi connectivity index (χ2v) is 5.95. The van der Waals surface area contributed by atoms with E-state index in [0.29, 0.717) is 33.8 Å². The van der Waals surface area contributed by atoms with Crippen molar-refractivity contribution in [3.05, 3.63) is 39.0 Å². The smallest absolute Gasteiger partial charge is 0.336 e. The normalized spacial score (nSPS) is 17.8. The molecule has 0 spiro atoms. The zero-order chi connectivity index (χ0) is 15.1. The summed E-state index contributed by atoms with van der Waals surface area (Å²) in [6.07, 6.45) is 2.07. The number of benzene rings is 1. The second-order valence-electron chi connectivity index (χ2n) is 5.10. The van der Waals surface area contributed by atoms with Gasteiger partial charge in [-0.05, 0) is 30.5 Å². The number of carboxylic acid groups (broad SMARTS) is 1. The highest BCUT2D eigenvalue weighted by molar-refractivity contribution is 6.38. The van der Waals surface area contributed by atoms with Crippen LogP contribution in [0.1, 0.15) is 28.0 Å². The first kappa shape index (κ1) is 14.6. The highest BCUT2D eigenvalue weighted by Gasteiger charge is 2.27. The fourth-order valence-electron chi connectivity index (χ4n) is 2.88. The molecule has 1 unspecified atom stereocenters. The van der Waals surface area contributed by atoms with Crippen LogP contribution in [0.15, 0.2) is 12.1 Å². The molecule has 0 saturated carbocycles. The predicted octanol–water partition coefficient (Wildman–Crippen LogP) is 3.74. The number of aromatic carboxylic acids is 1. The van der Waals surface area contributed by atoms with Crippen LogP contribution in [0.3, 0.4) is 0 Å². The molecule has 0 bridgehead atoms. The van der Waals surface area contributed by atoms with E-state index in [4.69, 9.17) is 27.9 Å². The number of hydrogen-bond donors (Lipinski definition) is 1. The van der Waals surface area contributed by atoms with Crippen molar-refractivity contribution in [2.75, 3.05) is 7.11 Å². The van der Waals surface area contributed by atoms with Crippen LogP contribution in [0.5, 0.6) is 0 Å². The summed E-state index contributed by atoms with van der Waals surface area (Å²) >= 11 is 12.2. The van der Waals surface area contributed by atoms with Crippen LogP contribution in [0.2, 0.25) is 10.0 Å². The lowest BCUT2D eigenvalue weighted by Crippen LogP contribution is -2.24. The molecule has 1 aliphatic carbocycles. The largest absolute Gasteiger partial charge is 0.478 e. The fraction of sp³-hybridized carbons (Fsp3) is 0.333. The topological polar surface area (TPSA) is 59.4 Å². The lowest BCUT2D eigenvalue weighted by atomic mass is 9.88. The quantitative estimate of drug-likeness (QED) is 0.913. The molecule has 4 nitrogen and oxygen atoms in total. The molecule has 0 fully saturated rings. The molecular formula is C15H13Cl2NO3. The molecule has 0 amide bonds. The van der Waals surface area contributed by atoms with Crippen molar-refractivity contribution in [3.63, 3.8) is 0 Å². The van der Waals surface area contributed by atoms with Gasteiger partial charge in [0, 0.05) is 29.6 Å². The van der Waals surface area contributed by atoms with Crippen molar-refractivity contribution in [1.82, 2.24) is 4.98 Å². The standard InChI is InChI=1S/C15H13Cl2NO3/c1-21-8-2-3-12-9(6-8)13(15(19)20)10-4-7(16)5-11(17)14(10)18-12/h4-5,8H,2-3,6H2,1H3,(H,19,20). The van der Waals surface area contributed by atoms with Gasteiger partial charge in [-0.25, -0.2) is 4.79 Å². The van der Waals surface area contributed by atoms with E-state index >= 15 is 0 Å². The summed E-state index contributed by atoms with van der Waals surface area (Å²) in [6.45, 7) is 0. The van der Waals surface area contributed by atoms with Crippen molar-refractivity contribution < 1.29 is 14.6 Å². The van der Waals surface area contributed by atoms with E-state index in [-0.39, 0.29) is 11.7 Å². The predicted molar refractivity (Wildman–Crippen MR) is 81.5 cm³/mol. The van der Waals surface area contributed by atoms with E-state index in [2.05, 4.69) is 4.98 Å². The van der Waals surface area contributed by atoms with Crippen LogP contribution < -0.4 is 0 Å². The van der Waals surface area contributed by atoms with Gasteiger partial charge in [0.1, 0.15) is 0 Å². The first-order valence-electron chi connectivity index (χ1n) is 6.58. The van der Waals surface area contributed by atoms with Crippen LogP contribution in [-0.4, -0.2) is 29.3 Å². The van der Waals surface area contributed by atoms with Gasteiger partial charge in [-0.15, -0.1) is 0 Å². The summed E-state index contributed by atoms with van der Waals surface area (Å²) in [5, 5.41) is 10.9. The molecular weight excluding hydrogens is 313 g/mol. The number of halogens is 2. The van der Waals surface area contributed by atoms with Crippen LogP contribution in [0.25, 0.3) is 10.9 Å². The molecule has 2 aromatic rings. The maximum Gasteiger partial charge on any atom is 0.336 e. The number of aryl methyl sites for hydroxylation is 1. The van der Waals surface area contributed by atoms with Crippen molar-refractivity contribution >= 4 is 40.1 Å². The molecule has 1 aliphatic rings. The van der Waals surface area contributed by atoms with Crippen molar-refractivity contribution in [3.8, 4) is 0 Å². The Morgan fingerprint density at radius 2 is 2.19 bits per heavy atom. The van der Waals surface area contributed by atoms with Gasteiger partial charge in [0.2, 0.25) is 0 Å². The summed E-state index contributed by atoms with van der Waals surface area (Å²) in [6, 6.07) is 3.19. The van der Waals surface area contributed by atoms with Gasteiger partial charge in [-0.2, -0.15) is 0 Å². The van der Waals surface area contributed by atoms with E-state index in [0.717, 1.165) is 17.7 Å². The Morgan fingerprint density at radius 1 is 1.43 bits per heavy atom. The zero-order valence-electron chi connectivity index (χ0n) is 11.3. The summed E-state index contributed by atoms with van der Waals surface area (Å²) < 4.78 is 5.37. The number of fused-ring (bicyclic) bond motifs is 2. The fourth-order valence-corrected chi connectivity index (χ4v) is 3.41. The number of aromatic nitrogens is 1. The number of carboxylic acids is 1. The van der Waals surface area contributed by atoms with Crippen molar-refractivity contribution in [1.29, 1.82) is 0 Å². The zero-order valence-corrected chi connectivity index (χ0v) is 12.8. The van der Waals surface area contributed by atoms with Crippen LogP contribution in [0.4, 0.5) is 0 Å². The van der Waals surface area contributed by atoms with E-state index in [1.807, 2.05) is 0 Å². The van der Waals surface area contributed by atoms with Gasteiger partial charge in [0.15, 0.2) is 0 Å². The number of hydrogen-bond acceptors (Lipinski definition) is 3. The lowest BCUT2D eigenvalue weighted by molar-refractivity contribution is 0.0690. The van der Waals surface area contributed by atoms with Crippen molar-refractivity contribution in [2.24, 2.45) is 0 Å². The Hall–Kier alpha value is -1.36. The minimum Gasteiger partial charge on any atom is -0.478 e. The molecule has 0 aliphatic heterocycles. The highest BCUT2D eigenvalue weighted by Crippen LogP contribution is 2.34. The minimum absolute atomic E-state index is 0.0181. The van der Waals surface area contributed by atoms with Crippen LogP contribution in [0, 0.1) is 0 Å². The van der Waals surface area contributed by atoms with Gasteiger partial charge in [-0.3, -0.25) is 4.98 Å². The van der Waals surface area contributed by atoms with Crippen molar-refractivity contribution in [2.45, 2.75) is 25.4 Å². The Kier molecular flexibility index (Phi) is 3.78. The molecule has 1 atom stereocenters. The summed E-state index contributed by atoms with van der Waals surface area (Å²) in [5.41, 5.74) is 2.25. The average Bonchev–Trinajstić information content (AvgIpc) is 2.44. The molecule has 21 heavy (non-hydrogen) atoms. The number of carbonyl (C=O) groups is 1. The van der Waals surface area contributed by atoms with Crippen LogP contribution in [-0.2, 0) is 17.6 Å². The van der Waals surface area contributed by atoms with Gasteiger partial charge in [0.25, 0.3) is 0 Å². The van der Waals surface area contributed by atoms with E-state index in [1.165, 1.54) is 0 Å². The minimum atomic E-state index is -0.992. The Morgan fingerprint density at radius 3 is 2.86 bits per heavy atom. The number of nitrogens with zero attached hydrogens (tertiary/aromatic N) is 1. The first-order valence-corrected chi connectivity index (χ1v) is 7.33. The number of rotatable bonds is 2. The number of pyridine rings is 1. The molecule has 1 heterocycles. The molecule has 0 radical (unpaired) electrons. The third-order valence-corrected chi connectivity index (χ3v) is 4.38. The second kappa shape index (κ2) is 5.44. The molecule has 6 heteroatoms. The molecule has 1 aromatic heterocycles. The average molecular weight is 326 g/mol. The maximum absolute atomic E-state index is 11.7. The lowest BCUT2D eigenvalue weighted by Gasteiger charge is -2.25. The van der Waals surface area contributed by atoms with Gasteiger partial charge in [0.05, 0.1) is 22.2 Å². The SMILES string of the molecule is COC1CCc2nc3c(Cl)cc(Cl)cc3c(C(=O)O)c2C1. The van der Waals surface area contributed by atoms with Crippen LogP contribution >= 0.6 is 23.2 Å². The molecule has 1 N–H and O–H groups in total. The summed E-state index contributed by atoms with van der Waals surface area (Å²) in [7, 11) is 1.64. The van der Waals surface area contributed by atoms with Gasteiger partial charge >= 0.3 is 5.97 Å². The van der Waals surface area contributed by atoms with E-state index < -0.39 is 5.97 Å². The Bertz CT molecular complexity index is 746. The molecule has 110 valence electrons. The molecule has 1 aromatic carbocycles. The van der Waals surface area contributed by atoms with E-state index in [9.17, 15) is 9.90 Å². The highest BCUT2D eigenvalue weighted by atomic mass is 35.5. The Balaban J connectivity index is 2.35. The van der Waals surface area contributed by atoms with Gasteiger partial charge in [-0.1, -0.05) is 23.2 Å².